The average molecular weight is 605 g/mol. The number of anilines is 1. The first-order chi connectivity index (χ1) is 15.4. The molecule has 20 heteroatoms. The van der Waals surface area contributed by atoms with Gasteiger partial charge in [0.15, 0.2) is 17.2 Å². The standard InChI is InChI=1S/C15H15Cl2F5N6O4S3/c1-26(2)8-24-15-14(28(33(3,29)30)34(4,31)32)12(7-23)25-27(15)13-10(16)5-9(6-11(13)17)35(18,19,20,21)22/h5-6,8H,1-4H3/b24-8+. The minimum absolute atomic E-state index is 0.137. The molecule has 0 atom stereocenters. The van der Waals surface area contributed by atoms with Crippen LogP contribution in [0.4, 0.5) is 30.9 Å². The van der Waals surface area contributed by atoms with Gasteiger partial charge in [0.05, 0.1) is 28.9 Å². The molecule has 0 radical (unpaired) electrons. The molecule has 0 unspecified atom stereocenters. The third-order valence-electron chi connectivity index (χ3n) is 3.79. The lowest BCUT2D eigenvalue weighted by Crippen LogP contribution is -2.35. The monoisotopic (exact) mass is 604 g/mol. The predicted octanol–water partition coefficient (Wildman–Crippen LogP) is 4.66. The van der Waals surface area contributed by atoms with Crippen LogP contribution >= 0.6 is 33.4 Å². The van der Waals surface area contributed by atoms with Gasteiger partial charge in [-0.05, 0) is 12.1 Å². The van der Waals surface area contributed by atoms with Crippen molar-refractivity contribution in [2.45, 2.75) is 4.90 Å². The predicted molar refractivity (Wildman–Crippen MR) is 124 cm³/mol. The van der Waals surface area contributed by atoms with Crippen LogP contribution in [0.2, 0.25) is 10.0 Å². The molecule has 0 bridgehead atoms. The van der Waals surface area contributed by atoms with Gasteiger partial charge < -0.3 is 4.90 Å². The van der Waals surface area contributed by atoms with Crippen LogP contribution in [0.5, 0.6) is 0 Å². The van der Waals surface area contributed by atoms with E-state index < -0.39 is 68.1 Å². The molecule has 10 nitrogen and oxygen atoms in total. The molecule has 1 aromatic carbocycles. The minimum Gasteiger partial charge on any atom is -0.369 e. The first kappa shape index (κ1) is 28.9. The van der Waals surface area contributed by atoms with Crippen LogP contribution < -0.4 is 3.71 Å². The summed E-state index contributed by atoms with van der Waals surface area (Å²) in [5, 5.41) is 11.1. The van der Waals surface area contributed by atoms with Crippen LogP contribution in [0.1, 0.15) is 5.69 Å². The number of hydrogen-bond acceptors (Lipinski definition) is 7. The zero-order valence-corrected chi connectivity index (χ0v) is 21.9. The van der Waals surface area contributed by atoms with E-state index in [0.29, 0.717) is 17.2 Å². The Balaban J connectivity index is 3.10. The summed E-state index contributed by atoms with van der Waals surface area (Å²) in [4.78, 5) is 2.74. The third-order valence-corrected chi connectivity index (χ3v) is 8.68. The van der Waals surface area contributed by atoms with E-state index in [0.717, 1.165) is 6.34 Å². The SMILES string of the molecule is CN(C)/C=N/c1c(N(S(C)(=O)=O)S(C)(=O)=O)c(C#N)nn1-c1c(Cl)cc(S(F)(F)(F)(F)F)cc1Cl. The normalized spacial score (nSPS) is 14.9. The topological polar surface area (TPSA) is 129 Å². The van der Waals surface area contributed by atoms with Gasteiger partial charge in [-0.3, -0.25) is 0 Å². The van der Waals surface area contributed by atoms with E-state index >= 15 is 0 Å². The molecule has 0 fully saturated rings. The molecule has 2 rings (SSSR count). The lowest BCUT2D eigenvalue weighted by Gasteiger charge is -2.40. The molecule has 0 saturated heterocycles. The Hall–Kier alpha value is -2.33. The molecule has 0 aliphatic carbocycles. The Morgan fingerprint density at radius 3 is 1.86 bits per heavy atom. The second-order valence-corrected chi connectivity index (χ2v) is 14.3. The van der Waals surface area contributed by atoms with Gasteiger partial charge in [-0.2, -0.15) is 14.1 Å². The molecule has 1 heterocycles. The van der Waals surface area contributed by atoms with Crippen molar-refractivity contribution in [3.63, 3.8) is 0 Å². The highest BCUT2D eigenvalue weighted by Gasteiger charge is 2.65. The summed E-state index contributed by atoms with van der Waals surface area (Å²) in [6, 6.07) is 1.18. The summed E-state index contributed by atoms with van der Waals surface area (Å²) in [7, 11) is -16.6. The summed E-state index contributed by atoms with van der Waals surface area (Å²) in [5.74, 6) is -0.727. The van der Waals surface area contributed by atoms with Gasteiger partial charge >= 0.3 is 10.2 Å². The molecule has 0 spiro atoms. The molecule has 0 aliphatic heterocycles. The summed E-state index contributed by atoms with van der Waals surface area (Å²) in [6.07, 6.45) is 2.00. The van der Waals surface area contributed by atoms with Crippen LogP contribution in [0, 0.1) is 11.3 Å². The summed E-state index contributed by atoms with van der Waals surface area (Å²) in [5.41, 5.74) is -2.48. The van der Waals surface area contributed by atoms with Gasteiger partial charge in [0.25, 0.3) is 0 Å². The molecule has 0 aliphatic rings. The van der Waals surface area contributed by atoms with Crippen molar-refractivity contribution in [1.82, 2.24) is 14.7 Å². The lowest BCUT2D eigenvalue weighted by atomic mass is 10.3. The van der Waals surface area contributed by atoms with Crippen molar-refractivity contribution in [3.05, 3.63) is 27.9 Å². The molecular formula is C15H15Cl2F5N6O4S3. The number of nitriles is 1. The van der Waals surface area contributed by atoms with Gasteiger partial charge in [0.1, 0.15) is 16.7 Å². The zero-order chi connectivity index (χ0) is 27.4. The Bertz CT molecular complexity index is 1450. The van der Waals surface area contributed by atoms with Crippen molar-refractivity contribution in [1.29, 1.82) is 5.26 Å². The van der Waals surface area contributed by atoms with Crippen molar-refractivity contribution < 1.29 is 36.3 Å². The smallest absolute Gasteiger partial charge is 0.310 e. The van der Waals surface area contributed by atoms with Crippen molar-refractivity contribution in [2.75, 3.05) is 30.3 Å². The number of halogens is 7. The van der Waals surface area contributed by atoms with Crippen molar-refractivity contribution in [2.24, 2.45) is 4.99 Å². The molecule has 0 N–H and O–H groups in total. The molecular weight excluding hydrogens is 590 g/mol. The van der Waals surface area contributed by atoms with E-state index in [2.05, 4.69) is 10.1 Å². The fourth-order valence-electron chi connectivity index (χ4n) is 2.63. The highest BCUT2D eigenvalue weighted by molar-refractivity contribution is 8.45. The number of aromatic nitrogens is 2. The van der Waals surface area contributed by atoms with E-state index in [9.17, 15) is 41.5 Å². The fraction of sp³-hybridized carbons (Fsp3) is 0.267. The van der Waals surface area contributed by atoms with E-state index in [-0.39, 0.29) is 15.8 Å². The fourth-order valence-corrected chi connectivity index (χ4v) is 7.06. The second kappa shape index (κ2) is 8.09. The van der Waals surface area contributed by atoms with E-state index in [1.807, 2.05) is 0 Å². The first-order valence-corrected chi connectivity index (χ1v) is 15.0. The Labute approximate surface area is 207 Å². The highest BCUT2D eigenvalue weighted by Crippen LogP contribution is 3.02. The van der Waals surface area contributed by atoms with Gasteiger partial charge in [-0.1, -0.05) is 42.6 Å². The zero-order valence-electron chi connectivity index (χ0n) is 17.9. The summed E-state index contributed by atoms with van der Waals surface area (Å²) in [6.45, 7) is 0. The first-order valence-electron chi connectivity index (χ1n) is 8.56. The molecule has 35 heavy (non-hydrogen) atoms. The number of nitrogens with zero attached hydrogens (tertiary/aromatic N) is 6. The van der Waals surface area contributed by atoms with E-state index in [4.69, 9.17) is 23.2 Å². The summed E-state index contributed by atoms with van der Waals surface area (Å²) < 4.78 is 116. The minimum atomic E-state index is -10.2. The van der Waals surface area contributed by atoms with Gasteiger partial charge in [-0.25, -0.2) is 26.5 Å². The number of rotatable bonds is 7. The maximum atomic E-state index is 13.3. The van der Waals surface area contributed by atoms with Crippen LogP contribution in [0.15, 0.2) is 22.0 Å². The molecule has 0 saturated carbocycles. The quantitative estimate of drug-likeness (QED) is 0.255. The lowest BCUT2D eigenvalue weighted by molar-refractivity contribution is 0.364. The third kappa shape index (κ3) is 6.27. The van der Waals surface area contributed by atoms with Crippen molar-refractivity contribution >= 4 is 71.3 Å². The Kier molecular flexibility index (Phi) is 6.68. The van der Waals surface area contributed by atoms with Crippen LogP contribution in [-0.2, 0) is 20.0 Å². The number of benzene rings is 1. The second-order valence-electron chi connectivity index (χ2n) is 7.18. The van der Waals surface area contributed by atoms with Gasteiger partial charge in [0.2, 0.25) is 20.0 Å². The Morgan fingerprint density at radius 2 is 1.51 bits per heavy atom. The largest absolute Gasteiger partial charge is 0.369 e. The summed E-state index contributed by atoms with van der Waals surface area (Å²) >= 11 is 11.7. The van der Waals surface area contributed by atoms with E-state index in [1.165, 1.54) is 25.1 Å². The van der Waals surface area contributed by atoms with Crippen LogP contribution in [0.3, 0.4) is 0 Å². The molecule has 0 amide bonds. The Morgan fingerprint density at radius 1 is 1.06 bits per heavy atom. The molecule has 196 valence electrons. The number of hydrogen-bond donors (Lipinski definition) is 0. The molecule has 1 aromatic heterocycles. The molecule has 2 aromatic rings. The van der Waals surface area contributed by atoms with Gasteiger partial charge in [-0.15, -0.1) is 0 Å². The van der Waals surface area contributed by atoms with E-state index in [1.54, 1.807) is 0 Å². The maximum Gasteiger partial charge on any atom is 0.310 e. The number of aliphatic imine (C=N–C) groups is 1. The van der Waals surface area contributed by atoms with Crippen LogP contribution in [-0.4, -0.2) is 64.5 Å². The highest BCUT2D eigenvalue weighted by atomic mass is 35.5. The van der Waals surface area contributed by atoms with Crippen molar-refractivity contribution in [3.8, 4) is 11.8 Å². The average Bonchev–Trinajstić information content (AvgIpc) is 2.92. The van der Waals surface area contributed by atoms with Gasteiger partial charge in [0, 0.05) is 14.1 Å². The van der Waals surface area contributed by atoms with Crippen LogP contribution in [0.25, 0.3) is 5.69 Å². The number of sulfonamides is 2. The maximum absolute atomic E-state index is 13.3.